The molecule has 8 nitrogen and oxygen atoms in total. The van der Waals surface area contributed by atoms with Gasteiger partial charge in [-0.15, -0.1) is 0 Å². The van der Waals surface area contributed by atoms with Crippen LogP contribution in [-0.4, -0.2) is 66.2 Å². The number of ether oxygens (including phenoxy) is 3. The molecule has 1 amide bonds. The topological polar surface area (TPSA) is 84.1 Å². The molecule has 2 aromatic carbocycles. The van der Waals surface area contributed by atoms with Crippen molar-refractivity contribution in [2.24, 2.45) is 0 Å². The minimum absolute atomic E-state index is 0.119. The first-order valence-electron chi connectivity index (χ1n) is 11.7. The Labute approximate surface area is 198 Å². The Balaban J connectivity index is 1.69. The molecule has 3 heterocycles. The Bertz CT molecular complexity index is 1230. The van der Waals surface area contributed by atoms with E-state index in [1.807, 2.05) is 61.2 Å². The van der Waals surface area contributed by atoms with Gasteiger partial charge in [-0.1, -0.05) is 38.1 Å². The van der Waals surface area contributed by atoms with Gasteiger partial charge in [0.2, 0.25) is 12.7 Å². The van der Waals surface area contributed by atoms with Gasteiger partial charge in [-0.25, -0.2) is 4.79 Å². The van der Waals surface area contributed by atoms with Gasteiger partial charge in [0.15, 0.2) is 11.5 Å². The number of methoxy groups -OCH3 is 1. The number of benzene rings is 2. The van der Waals surface area contributed by atoms with Crippen LogP contribution in [0, 0.1) is 0 Å². The highest BCUT2D eigenvalue weighted by Crippen LogP contribution is 2.44. The molecule has 2 atom stereocenters. The zero-order chi connectivity index (χ0) is 23.8. The fourth-order valence-electron chi connectivity index (χ4n) is 5.07. The van der Waals surface area contributed by atoms with Crippen molar-refractivity contribution in [2.75, 3.05) is 33.5 Å². The summed E-state index contributed by atoms with van der Waals surface area (Å²) in [7, 11) is 1.37. The van der Waals surface area contributed by atoms with Crippen LogP contribution in [0.3, 0.4) is 0 Å². The summed E-state index contributed by atoms with van der Waals surface area (Å²) in [5.41, 5.74) is 3.76. The number of aromatic amines is 1. The third-order valence-electron chi connectivity index (χ3n) is 6.86. The van der Waals surface area contributed by atoms with Crippen LogP contribution in [0.4, 0.5) is 0 Å². The molecule has 0 spiro atoms. The summed E-state index contributed by atoms with van der Waals surface area (Å²) in [6, 6.07) is 12.5. The largest absolute Gasteiger partial charge is 0.467 e. The van der Waals surface area contributed by atoms with Gasteiger partial charge >= 0.3 is 5.97 Å². The van der Waals surface area contributed by atoms with Gasteiger partial charge < -0.3 is 24.1 Å². The number of hydrogen-bond donors (Lipinski definition) is 1. The zero-order valence-corrected chi connectivity index (χ0v) is 19.7. The molecule has 2 unspecified atom stereocenters. The van der Waals surface area contributed by atoms with Crippen LogP contribution in [0.5, 0.6) is 11.5 Å². The Morgan fingerprint density at radius 3 is 2.65 bits per heavy atom. The van der Waals surface area contributed by atoms with Gasteiger partial charge in [0.1, 0.15) is 6.04 Å². The number of carbonyl (C=O) groups is 2. The molecule has 1 N–H and O–H groups in total. The van der Waals surface area contributed by atoms with Crippen LogP contribution in [0.15, 0.2) is 42.5 Å². The average Bonchev–Trinajstić information content (AvgIpc) is 3.49. The number of nitrogens with zero attached hydrogens (tertiary/aromatic N) is 2. The molecular formula is C26H29N3O5. The Kier molecular flexibility index (Phi) is 5.91. The van der Waals surface area contributed by atoms with E-state index in [0.29, 0.717) is 17.9 Å². The van der Waals surface area contributed by atoms with E-state index in [4.69, 9.17) is 14.2 Å². The number of para-hydroxylation sites is 1. The second-order valence-electron chi connectivity index (χ2n) is 8.58. The number of esters is 1. The third-order valence-corrected chi connectivity index (χ3v) is 6.86. The van der Waals surface area contributed by atoms with Gasteiger partial charge in [0, 0.05) is 23.0 Å². The van der Waals surface area contributed by atoms with Gasteiger partial charge in [-0.3, -0.25) is 9.69 Å². The molecule has 2 aliphatic heterocycles. The van der Waals surface area contributed by atoms with E-state index in [1.165, 1.54) is 7.11 Å². The van der Waals surface area contributed by atoms with Gasteiger partial charge in [-0.2, -0.15) is 0 Å². The summed E-state index contributed by atoms with van der Waals surface area (Å²) in [6.07, 6.45) is 0.386. The molecule has 3 aromatic rings. The maximum atomic E-state index is 13.8. The maximum Gasteiger partial charge on any atom is 0.328 e. The minimum Gasteiger partial charge on any atom is -0.467 e. The summed E-state index contributed by atoms with van der Waals surface area (Å²) in [6.45, 7) is 5.91. The molecular weight excluding hydrogens is 434 g/mol. The predicted molar refractivity (Wildman–Crippen MR) is 127 cm³/mol. The monoisotopic (exact) mass is 463 g/mol. The normalized spacial score (nSPS) is 18.9. The number of carbonyl (C=O) groups excluding carboxylic acids is 2. The molecule has 1 aromatic heterocycles. The smallest absolute Gasteiger partial charge is 0.328 e. The van der Waals surface area contributed by atoms with Crippen LogP contribution in [0.1, 0.15) is 36.7 Å². The van der Waals surface area contributed by atoms with E-state index in [0.717, 1.165) is 40.8 Å². The number of rotatable bonds is 6. The van der Waals surface area contributed by atoms with Crippen molar-refractivity contribution < 1.29 is 23.8 Å². The van der Waals surface area contributed by atoms with Crippen molar-refractivity contribution in [2.45, 2.75) is 32.4 Å². The second kappa shape index (κ2) is 9.02. The van der Waals surface area contributed by atoms with Crippen LogP contribution in [0.25, 0.3) is 10.9 Å². The number of amides is 1. The number of aromatic nitrogens is 1. The lowest BCUT2D eigenvalue weighted by atomic mass is 9.87. The van der Waals surface area contributed by atoms with E-state index >= 15 is 0 Å². The van der Waals surface area contributed by atoms with Crippen LogP contribution < -0.4 is 9.47 Å². The van der Waals surface area contributed by atoms with Gasteiger partial charge in [0.25, 0.3) is 0 Å². The lowest BCUT2D eigenvalue weighted by Crippen LogP contribution is -2.54. The molecule has 178 valence electrons. The Hall–Kier alpha value is -3.52. The first kappa shape index (κ1) is 22.3. The highest BCUT2D eigenvalue weighted by molar-refractivity contribution is 5.91. The summed E-state index contributed by atoms with van der Waals surface area (Å²) in [4.78, 5) is 34.1. The molecule has 0 saturated heterocycles. The molecule has 0 radical (unpaired) electrons. The fourth-order valence-corrected chi connectivity index (χ4v) is 5.07. The summed E-state index contributed by atoms with van der Waals surface area (Å²) in [5, 5.41) is 1.05. The van der Waals surface area contributed by atoms with E-state index in [1.54, 1.807) is 4.90 Å². The average molecular weight is 464 g/mol. The molecule has 34 heavy (non-hydrogen) atoms. The van der Waals surface area contributed by atoms with Gasteiger partial charge in [-0.05, 0) is 42.4 Å². The van der Waals surface area contributed by atoms with Crippen molar-refractivity contribution in [3.05, 3.63) is 59.3 Å². The van der Waals surface area contributed by atoms with Gasteiger partial charge in [0.05, 0.1) is 19.7 Å². The molecule has 8 heteroatoms. The van der Waals surface area contributed by atoms with Crippen molar-refractivity contribution in [3.63, 3.8) is 0 Å². The van der Waals surface area contributed by atoms with Crippen LogP contribution in [0.2, 0.25) is 0 Å². The van der Waals surface area contributed by atoms with Crippen molar-refractivity contribution in [3.8, 4) is 11.5 Å². The van der Waals surface area contributed by atoms with E-state index in [2.05, 4.69) is 4.98 Å². The van der Waals surface area contributed by atoms with Crippen LogP contribution in [-0.2, 0) is 20.7 Å². The summed E-state index contributed by atoms with van der Waals surface area (Å²) in [5.74, 6) is 0.758. The van der Waals surface area contributed by atoms with Crippen LogP contribution >= 0.6 is 0 Å². The lowest BCUT2D eigenvalue weighted by Gasteiger charge is -2.41. The molecule has 0 aliphatic carbocycles. The molecule has 0 saturated carbocycles. The quantitative estimate of drug-likeness (QED) is 0.565. The predicted octanol–water partition coefficient (Wildman–Crippen LogP) is 3.25. The second-order valence-corrected chi connectivity index (χ2v) is 8.58. The summed E-state index contributed by atoms with van der Waals surface area (Å²) < 4.78 is 16.3. The lowest BCUT2D eigenvalue weighted by molar-refractivity contribution is -0.155. The number of H-pyrrole nitrogens is 1. The standard InChI is InChI=1S/C26H29N3O5/c1-4-28(5-2)14-23(30)29-20(26(31)32-3)13-18-17-8-6-7-9-19(17)27-24(18)25(29)16-10-11-21-22(12-16)34-15-33-21/h6-12,20,25,27H,4-5,13-15H2,1-3H3. The van der Waals surface area contributed by atoms with Crippen molar-refractivity contribution in [1.29, 1.82) is 0 Å². The number of fused-ring (bicyclic) bond motifs is 4. The van der Waals surface area contributed by atoms with Crippen molar-refractivity contribution >= 4 is 22.8 Å². The highest BCUT2D eigenvalue weighted by Gasteiger charge is 2.44. The summed E-state index contributed by atoms with van der Waals surface area (Å²) >= 11 is 0. The molecule has 5 rings (SSSR count). The fraction of sp³-hybridized carbons (Fsp3) is 0.385. The number of hydrogen-bond acceptors (Lipinski definition) is 6. The Morgan fingerprint density at radius 2 is 1.88 bits per heavy atom. The molecule has 2 aliphatic rings. The maximum absolute atomic E-state index is 13.8. The van der Waals surface area contributed by atoms with Crippen molar-refractivity contribution in [1.82, 2.24) is 14.8 Å². The zero-order valence-electron chi connectivity index (χ0n) is 19.7. The first-order chi connectivity index (χ1) is 16.5. The van der Waals surface area contributed by atoms with E-state index in [-0.39, 0.29) is 19.2 Å². The van der Waals surface area contributed by atoms with E-state index in [9.17, 15) is 9.59 Å². The first-order valence-corrected chi connectivity index (χ1v) is 11.7. The Morgan fingerprint density at radius 1 is 1.12 bits per heavy atom. The molecule has 0 fully saturated rings. The molecule has 0 bridgehead atoms. The SMILES string of the molecule is CCN(CC)CC(=O)N1C(C(=O)OC)Cc2c([nH]c3ccccc23)C1c1ccc2c(c1)OCO2. The van der Waals surface area contributed by atoms with E-state index < -0.39 is 18.1 Å². The number of nitrogens with one attached hydrogen (secondary N) is 1. The number of likely N-dealkylation sites (N-methyl/N-ethyl adjacent to an activating group) is 1. The minimum atomic E-state index is -0.741. The third kappa shape index (κ3) is 3.68. The highest BCUT2D eigenvalue weighted by atomic mass is 16.7.